The Labute approximate surface area is 117 Å². The number of aliphatic carboxylic acids is 1. The number of carbonyl (C=O) groups is 2. The van der Waals surface area contributed by atoms with E-state index in [-0.39, 0.29) is 12.6 Å². The van der Waals surface area contributed by atoms with Crippen LogP contribution in [-0.2, 0) is 11.3 Å². The number of rotatable bonds is 4. The van der Waals surface area contributed by atoms with Crippen LogP contribution in [0.15, 0.2) is 12.4 Å². The van der Waals surface area contributed by atoms with Crippen molar-refractivity contribution in [3.8, 4) is 0 Å². The predicted octanol–water partition coefficient (Wildman–Crippen LogP) is 1.48. The Bertz CT molecular complexity index is 498. The lowest BCUT2D eigenvalue weighted by Gasteiger charge is -2.15. The molecule has 0 bridgehead atoms. The number of hydrogen-bond donors (Lipinski definition) is 2. The first-order chi connectivity index (χ1) is 9.45. The number of amides is 2. The first-order valence-electron chi connectivity index (χ1n) is 6.77. The van der Waals surface area contributed by atoms with Gasteiger partial charge in [-0.15, -0.1) is 0 Å². The third-order valence-corrected chi connectivity index (χ3v) is 3.26. The normalized spacial score (nSPS) is 18.6. The molecule has 0 radical (unpaired) electrons. The number of carboxylic acid groups (broad SMARTS) is 1. The lowest BCUT2D eigenvalue weighted by Crippen LogP contribution is -2.33. The van der Waals surface area contributed by atoms with E-state index in [0.717, 1.165) is 6.54 Å². The quantitative estimate of drug-likeness (QED) is 0.874. The molecule has 0 aliphatic carbocycles. The number of hydrogen-bond acceptors (Lipinski definition) is 3. The van der Waals surface area contributed by atoms with Crippen LogP contribution in [0.2, 0.25) is 0 Å². The minimum atomic E-state index is -0.843. The number of likely N-dealkylation sites (tertiary alicyclic amines) is 1. The van der Waals surface area contributed by atoms with E-state index in [1.807, 2.05) is 0 Å². The zero-order valence-electron chi connectivity index (χ0n) is 11.7. The fourth-order valence-corrected chi connectivity index (χ4v) is 2.25. The first kappa shape index (κ1) is 14.4. The maximum absolute atomic E-state index is 12.0. The monoisotopic (exact) mass is 280 g/mol. The molecule has 1 aromatic rings. The highest BCUT2D eigenvalue weighted by molar-refractivity contribution is 5.89. The molecule has 1 aromatic heterocycles. The second-order valence-corrected chi connectivity index (χ2v) is 5.54. The Kier molecular flexibility index (Phi) is 4.26. The first-order valence-corrected chi connectivity index (χ1v) is 6.77. The average Bonchev–Trinajstić information content (AvgIpc) is 2.97. The van der Waals surface area contributed by atoms with Gasteiger partial charge in [0.15, 0.2) is 0 Å². The van der Waals surface area contributed by atoms with Crippen molar-refractivity contribution in [1.29, 1.82) is 0 Å². The summed E-state index contributed by atoms with van der Waals surface area (Å²) in [4.78, 5) is 24.4. The van der Waals surface area contributed by atoms with E-state index in [2.05, 4.69) is 24.3 Å². The highest BCUT2D eigenvalue weighted by atomic mass is 16.4. The Morgan fingerprint density at radius 2 is 2.30 bits per heavy atom. The molecule has 1 unspecified atom stereocenters. The summed E-state index contributed by atoms with van der Waals surface area (Å²) >= 11 is 0. The Morgan fingerprint density at radius 1 is 1.55 bits per heavy atom. The van der Waals surface area contributed by atoms with Gasteiger partial charge < -0.3 is 15.3 Å². The molecule has 2 heterocycles. The van der Waals surface area contributed by atoms with E-state index >= 15 is 0 Å². The summed E-state index contributed by atoms with van der Waals surface area (Å²) < 4.78 is 1.78. The largest absolute Gasteiger partial charge is 0.481 e. The minimum Gasteiger partial charge on any atom is -0.481 e. The number of aromatic nitrogens is 2. The van der Waals surface area contributed by atoms with Crippen molar-refractivity contribution < 1.29 is 14.7 Å². The van der Waals surface area contributed by atoms with Gasteiger partial charge in [-0.05, 0) is 12.3 Å². The van der Waals surface area contributed by atoms with Gasteiger partial charge in [-0.3, -0.25) is 9.48 Å². The predicted molar refractivity (Wildman–Crippen MR) is 73.4 cm³/mol. The molecule has 1 aliphatic heterocycles. The van der Waals surface area contributed by atoms with Gasteiger partial charge in [-0.2, -0.15) is 5.10 Å². The van der Waals surface area contributed by atoms with E-state index in [1.165, 1.54) is 4.90 Å². The molecule has 0 aromatic carbocycles. The van der Waals surface area contributed by atoms with Gasteiger partial charge in [0.25, 0.3) is 0 Å². The van der Waals surface area contributed by atoms with Gasteiger partial charge in [0.05, 0.1) is 17.8 Å². The van der Waals surface area contributed by atoms with Crippen LogP contribution in [0.25, 0.3) is 0 Å². The van der Waals surface area contributed by atoms with Crippen LogP contribution in [0.3, 0.4) is 0 Å². The summed E-state index contributed by atoms with van der Waals surface area (Å²) in [5.74, 6) is -0.817. The molecule has 1 saturated heterocycles. The smallest absolute Gasteiger partial charge is 0.321 e. The van der Waals surface area contributed by atoms with E-state index in [1.54, 1.807) is 17.1 Å². The van der Waals surface area contributed by atoms with Gasteiger partial charge in [0.2, 0.25) is 0 Å². The van der Waals surface area contributed by atoms with Gasteiger partial charge in [-0.1, -0.05) is 13.8 Å². The summed E-state index contributed by atoms with van der Waals surface area (Å²) in [5, 5.41) is 15.8. The van der Waals surface area contributed by atoms with Gasteiger partial charge in [-0.25, -0.2) is 4.79 Å². The fraction of sp³-hybridized carbons (Fsp3) is 0.615. The number of nitrogens with one attached hydrogen (secondary N) is 1. The molecular weight excluding hydrogens is 260 g/mol. The summed E-state index contributed by atoms with van der Waals surface area (Å²) in [5.41, 5.74) is 0.634. The van der Waals surface area contributed by atoms with Crippen LogP contribution in [0.1, 0.15) is 20.3 Å². The number of urea groups is 1. The molecule has 110 valence electrons. The Morgan fingerprint density at radius 3 is 2.90 bits per heavy atom. The maximum atomic E-state index is 12.0. The molecular formula is C13H20N4O3. The van der Waals surface area contributed by atoms with Crippen LogP contribution in [0, 0.1) is 11.8 Å². The van der Waals surface area contributed by atoms with Crippen LogP contribution in [0.4, 0.5) is 10.5 Å². The van der Waals surface area contributed by atoms with Crippen molar-refractivity contribution in [2.75, 3.05) is 18.4 Å². The van der Waals surface area contributed by atoms with Crippen molar-refractivity contribution in [3.05, 3.63) is 12.4 Å². The Hall–Kier alpha value is -2.05. The number of nitrogens with zero attached hydrogens (tertiary/aromatic N) is 3. The van der Waals surface area contributed by atoms with Crippen LogP contribution in [0.5, 0.6) is 0 Å². The van der Waals surface area contributed by atoms with E-state index in [4.69, 9.17) is 5.11 Å². The van der Waals surface area contributed by atoms with Gasteiger partial charge in [0.1, 0.15) is 0 Å². The number of carbonyl (C=O) groups excluding carboxylic acids is 1. The standard InChI is InChI=1S/C13H20N4O3/c1-9(2)6-17-8-11(5-14-17)15-13(20)16-4-3-10(7-16)12(18)19/h5,8-10H,3-4,6-7H2,1-2H3,(H,15,20)(H,18,19). The van der Waals surface area contributed by atoms with Crippen molar-refractivity contribution in [3.63, 3.8) is 0 Å². The molecule has 2 N–H and O–H groups in total. The van der Waals surface area contributed by atoms with Crippen LogP contribution < -0.4 is 5.32 Å². The third-order valence-electron chi connectivity index (χ3n) is 3.26. The molecule has 1 fully saturated rings. The molecule has 7 nitrogen and oxygen atoms in total. The second-order valence-electron chi connectivity index (χ2n) is 5.54. The van der Waals surface area contributed by atoms with Crippen molar-refractivity contribution in [2.24, 2.45) is 11.8 Å². The highest BCUT2D eigenvalue weighted by Gasteiger charge is 2.30. The topological polar surface area (TPSA) is 87.5 Å². The van der Waals surface area contributed by atoms with Crippen LogP contribution >= 0.6 is 0 Å². The summed E-state index contributed by atoms with van der Waals surface area (Å²) in [6.07, 6.45) is 3.89. The zero-order valence-corrected chi connectivity index (χ0v) is 11.7. The lowest BCUT2D eigenvalue weighted by molar-refractivity contribution is -0.141. The molecule has 0 saturated carbocycles. The zero-order chi connectivity index (χ0) is 14.7. The third kappa shape index (κ3) is 3.49. The van der Waals surface area contributed by atoms with E-state index in [0.29, 0.717) is 24.6 Å². The Balaban J connectivity index is 1.88. The van der Waals surface area contributed by atoms with E-state index in [9.17, 15) is 9.59 Å². The second kappa shape index (κ2) is 5.94. The summed E-state index contributed by atoms with van der Waals surface area (Å²) in [7, 11) is 0. The molecule has 0 spiro atoms. The minimum absolute atomic E-state index is 0.265. The molecule has 1 aliphatic rings. The van der Waals surface area contributed by atoms with Gasteiger partial charge in [0, 0.05) is 25.8 Å². The van der Waals surface area contributed by atoms with Gasteiger partial charge >= 0.3 is 12.0 Å². The lowest BCUT2D eigenvalue weighted by atomic mass is 10.1. The average molecular weight is 280 g/mol. The van der Waals surface area contributed by atoms with Crippen molar-refractivity contribution in [1.82, 2.24) is 14.7 Å². The number of carboxylic acids is 1. The van der Waals surface area contributed by atoms with E-state index < -0.39 is 11.9 Å². The van der Waals surface area contributed by atoms with Crippen LogP contribution in [-0.4, -0.2) is 44.9 Å². The highest BCUT2D eigenvalue weighted by Crippen LogP contribution is 2.17. The molecule has 20 heavy (non-hydrogen) atoms. The molecule has 2 rings (SSSR count). The molecule has 1 atom stereocenters. The maximum Gasteiger partial charge on any atom is 0.321 e. The summed E-state index contributed by atoms with van der Waals surface area (Å²) in [6.45, 7) is 5.72. The fourth-order valence-electron chi connectivity index (χ4n) is 2.25. The number of anilines is 1. The van der Waals surface area contributed by atoms with Crippen molar-refractivity contribution >= 4 is 17.7 Å². The van der Waals surface area contributed by atoms with Crippen molar-refractivity contribution in [2.45, 2.75) is 26.8 Å². The molecule has 7 heteroatoms. The SMILES string of the molecule is CC(C)Cn1cc(NC(=O)N2CCC(C(=O)O)C2)cn1. The summed E-state index contributed by atoms with van der Waals surface area (Å²) in [6, 6.07) is -0.266. The molecule has 2 amide bonds.